The van der Waals surface area contributed by atoms with Gasteiger partial charge in [0.05, 0.1) is 0 Å². The van der Waals surface area contributed by atoms with Crippen LogP contribution in [0.15, 0.2) is 0 Å². The summed E-state index contributed by atoms with van der Waals surface area (Å²) in [6.07, 6.45) is 2.13. The second kappa shape index (κ2) is 2.72. The average molecular weight is 160 g/mol. The van der Waals surface area contributed by atoms with Crippen molar-refractivity contribution in [3.05, 3.63) is 0 Å². The van der Waals surface area contributed by atoms with E-state index in [2.05, 4.69) is 0 Å². The molecule has 2 saturated carbocycles. The molecule has 0 saturated heterocycles. The van der Waals surface area contributed by atoms with Crippen molar-refractivity contribution in [2.45, 2.75) is 44.4 Å². The first-order valence-electron chi connectivity index (χ1n) is 4.55. The van der Waals surface area contributed by atoms with Crippen molar-refractivity contribution < 1.29 is 8.78 Å². The van der Waals surface area contributed by atoms with Gasteiger partial charge in [-0.1, -0.05) is 19.3 Å². The Balaban J connectivity index is 2.00. The molecule has 2 aliphatic carbocycles. The Bertz CT molecular complexity index is 130. The monoisotopic (exact) mass is 160 g/mol. The molecule has 4 atom stereocenters. The summed E-state index contributed by atoms with van der Waals surface area (Å²) in [5.74, 6) is 1.02. The zero-order valence-electron chi connectivity index (χ0n) is 6.60. The van der Waals surface area contributed by atoms with Gasteiger partial charge in [0.15, 0.2) is 0 Å². The minimum absolute atomic E-state index is 0.492. The molecule has 64 valence electrons. The smallest absolute Gasteiger partial charge is 0.131 e. The van der Waals surface area contributed by atoms with E-state index < -0.39 is 12.3 Å². The van der Waals surface area contributed by atoms with E-state index >= 15 is 0 Å². The first-order chi connectivity index (χ1) is 5.27. The summed E-state index contributed by atoms with van der Waals surface area (Å²) in [6, 6.07) is 0. The normalized spacial score (nSPS) is 50.7. The maximum absolute atomic E-state index is 12.8. The summed E-state index contributed by atoms with van der Waals surface area (Å²) in [6.45, 7) is 0. The number of fused-ring (bicyclic) bond motifs is 1. The van der Waals surface area contributed by atoms with Gasteiger partial charge in [0.25, 0.3) is 0 Å². The van der Waals surface area contributed by atoms with Gasteiger partial charge < -0.3 is 0 Å². The third-order valence-electron chi connectivity index (χ3n) is 3.26. The maximum atomic E-state index is 12.8. The van der Waals surface area contributed by atoms with Crippen molar-refractivity contribution >= 4 is 0 Å². The van der Waals surface area contributed by atoms with E-state index in [0.29, 0.717) is 24.7 Å². The predicted molar refractivity (Wildman–Crippen MR) is 39.9 cm³/mol. The van der Waals surface area contributed by atoms with E-state index in [1.54, 1.807) is 0 Å². The lowest BCUT2D eigenvalue weighted by Gasteiger charge is -2.30. The molecule has 11 heavy (non-hydrogen) atoms. The maximum Gasteiger partial charge on any atom is 0.131 e. The van der Waals surface area contributed by atoms with Crippen LogP contribution >= 0.6 is 0 Å². The number of rotatable bonds is 0. The first-order valence-corrected chi connectivity index (χ1v) is 4.55. The van der Waals surface area contributed by atoms with Crippen molar-refractivity contribution in [1.82, 2.24) is 0 Å². The van der Waals surface area contributed by atoms with Crippen LogP contribution in [0, 0.1) is 11.8 Å². The van der Waals surface area contributed by atoms with Gasteiger partial charge in [0, 0.05) is 0 Å². The van der Waals surface area contributed by atoms with Gasteiger partial charge in [-0.05, 0) is 24.7 Å². The molecular weight excluding hydrogens is 146 g/mol. The molecule has 2 aliphatic rings. The van der Waals surface area contributed by atoms with Crippen molar-refractivity contribution in [3.8, 4) is 0 Å². The fraction of sp³-hybridized carbons (Fsp3) is 1.00. The van der Waals surface area contributed by atoms with Gasteiger partial charge in [-0.2, -0.15) is 0 Å². The molecule has 0 aromatic rings. The van der Waals surface area contributed by atoms with Gasteiger partial charge in [-0.3, -0.25) is 0 Å². The topological polar surface area (TPSA) is 0 Å². The highest BCUT2D eigenvalue weighted by Gasteiger charge is 2.39. The molecule has 0 heterocycles. The number of hydrogen-bond acceptors (Lipinski definition) is 0. The molecule has 0 radical (unpaired) electrons. The highest BCUT2D eigenvalue weighted by atomic mass is 19.2. The van der Waals surface area contributed by atoms with E-state index in [-0.39, 0.29) is 0 Å². The molecule has 0 aromatic carbocycles. The lowest BCUT2D eigenvalue weighted by Crippen LogP contribution is -2.31. The second-order valence-corrected chi connectivity index (χ2v) is 3.95. The van der Waals surface area contributed by atoms with Crippen LogP contribution < -0.4 is 0 Å². The van der Waals surface area contributed by atoms with Crippen LogP contribution in [0.4, 0.5) is 8.78 Å². The van der Waals surface area contributed by atoms with Gasteiger partial charge >= 0.3 is 0 Å². The summed E-state index contributed by atoms with van der Waals surface area (Å²) in [5, 5.41) is 0. The van der Waals surface area contributed by atoms with Crippen LogP contribution in [0.2, 0.25) is 0 Å². The molecule has 0 nitrogen and oxygen atoms in total. The summed E-state index contributed by atoms with van der Waals surface area (Å²) >= 11 is 0. The third kappa shape index (κ3) is 1.27. The molecule has 0 aromatic heterocycles. The molecule has 2 rings (SSSR count). The van der Waals surface area contributed by atoms with Crippen LogP contribution in [0.5, 0.6) is 0 Å². The van der Waals surface area contributed by atoms with E-state index in [0.717, 1.165) is 12.8 Å². The standard InChI is InChI=1S/C9H14F2/c10-8-4-6-2-1-3-7(6)5-9(8)11/h6-9H,1-5H2. The van der Waals surface area contributed by atoms with E-state index in [4.69, 9.17) is 0 Å². The molecule has 0 bridgehead atoms. The molecule has 4 unspecified atom stereocenters. The van der Waals surface area contributed by atoms with E-state index in [1.807, 2.05) is 0 Å². The van der Waals surface area contributed by atoms with Gasteiger partial charge in [0.2, 0.25) is 0 Å². The minimum atomic E-state index is -1.16. The highest BCUT2D eigenvalue weighted by molar-refractivity contribution is 4.89. The number of halogens is 2. The Morgan fingerprint density at radius 1 is 0.818 bits per heavy atom. The molecule has 0 amide bonds. The Kier molecular flexibility index (Phi) is 1.86. The molecule has 0 aliphatic heterocycles. The van der Waals surface area contributed by atoms with Crippen LogP contribution in [0.25, 0.3) is 0 Å². The fourth-order valence-corrected chi connectivity index (χ4v) is 2.61. The Hall–Kier alpha value is -0.140. The predicted octanol–water partition coefficient (Wildman–Crippen LogP) is 2.87. The Morgan fingerprint density at radius 3 is 1.73 bits per heavy atom. The zero-order valence-corrected chi connectivity index (χ0v) is 6.60. The molecule has 2 heteroatoms. The van der Waals surface area contributed by atoms with Gasteiger partial charge in [0.1, 0.15) is 12.3 Å². The third-order valence-corrected chi connectivity index (χ3v) is 3.26. The largest absolute Gasteiger partial charge is 0.244 e. The quantitative estimate of drug-likeness (QED) is 0.511. The highest BCUT2D eigenvalue weighted by Crippen LogP contribution is 2.43. The summed E-state index contributed by atoms with van der Waals surface area (Å²) in [7, 11) is 0. The second-order valence-electron chi connectivity index (χ2n) is 3.95. The minimum Gasteiger partial charge on any atom is -0.244 e. The molecular formula is C9H14F2. The summed E-state index contributed by atoms with van der Waals surface area (Å²) in [5.41, 5.74) is 0. The molecule has 0 spiro atoms. The average Bonchev–Trinajstić information content (AvgIpc) is 2.36. The van der Waals surface area contributed by atoms with Crippen LogP contribution in [-0.2, 0) is 0 Å². The first kappa shape index (κ1) is 7.51. The summed E-state index contributed by atoms with van der Waals surface area (Å²) in [4.78, 5) is 0. The van der Waals surface area contributed by atoms with Crippen molar-refractivity contribution in [2.75, 3.05) is 0 Å². The Labute approximate surface area is 66.0 Å². The lowest BCUT2D eigenvalue weighted by atomic mass is 9.80. The van der Waals surface area contributed by atoms with Crippen molar-refractivity contribution in [2.24, 2.45) is 11.8 Å². The van der Waals surface area contributed by atoms with Gasteiger partial charge in [-0.25, -0.2) is 8.78 Å². The van der Waals surface area contributed by atoms with Crippen molar-refractivity contribution in [3.63, 3.8) is 0 Å². The van der Waals surface area contributed by atoms with Crippen molar-refractivity contribution in [1.29, 1.82) is 0 Å². The lowest BCUT2D eigenvalue weighted by molar-refractivity contribution is 0.0628. The fourth-order valence-electron chi connectivity index (χ4n) is 2.61. The van der Waals surface area contributed by atoms with Crippen LogP contribution in [0.3, 0.4) is 0 Å². The van der Waals surface area contributed by atoms with E-state index in [9.17, 15) is 8.78 Å². The zero-order chi connectivity index (χ0) is 7.84. The number of hydrogen-bond donors (Lipinski definition) is 0. The summed E-state index contributed by atoms with van der Waals surface area (Å²) < 4.78 is 25.7. The molecule has 0 N–H and O–H groups in total. The van der Waals surface area contributed by atoms with Gasteiger partial charge in [-0.15, -0.1) is 0 Å². The van der Waals surface area contributed by atoms with E-state index in [1.165, 1.54) is 6.42 Å². The SMILES string of the molecule is FC1CC2CCCC2CC1F. The number of alkyl halides is 2. The van der Waals surface area contributed by atoms with Crippen LogP contribution in [-0.4, -0.2) is 12.3 Å². The molecule has 2 fully saturated rings. The van der Waals surface area contributed by atoms with Crippen LogP contribution in [0.1, 0.15) is 32.1 Å². The Morgan fingerprint density at radius 2 is 1.27 bits per heavy atom.